The van der Waals surface area contributed by atoms with Crippen LogP contribution in [-0.4, -0.2) is 44.3 Å². The SMILES string of the molecule is Cc1ccc(NC(=O)COC(=O)c2cccc(S(=O)(=O)N3CCCC3)c2)c(Br)c1. The highest BCUT2D eigenvalue weighted by Gasteiger charge is 2.27. The van der Waals surface area contributed by atoms with Gasteiger partial charge in [0, 0.05) is 17.6 Å². The minimum Gasteiger partial charge on any atom is -0.452 e. The van der Waals surface area contributed by atoms with Gasteiger partial charge in [0.05, 0.1) is 16.1 Å². The van der Waals surface area contributed by atoms with Gasteiger partial charge in [0.1, 0.15) is 0 Å². The van der Waals surface area contributed by atoms with Gasteiger partial charge in [-0.3, -0.25) is 4.79 Å². The number of anilines is 1. The van der Waals surface area contributed by atoms with Crippen molar-refractivity contribution in [1.29, 1.82) is 0 Å². The molecule has 3 rings (SSSR count). The number of halogens is 1. The molecule has 2 aromatic carbocycles. The average molecular weight is 481 g/mol. The lowest BCUT2D eigenvalue weighted by molar-refractivity contribution is -0.119. The Bertz CT molecular complexity index is 1030. The van der Waals surface area contributed by atoms with Crippen molar-refractivity contribution in [3.8, 4) is 0 Å². The first kappa shape index (κ1) is 21.5. The van der Waals surface area contributed by atoms with Crippen LogP contribution in [0.25, 0.3) is 0 Å². The predicted molar refractivity (Wildman–Crippen MR) is 112 cm³/mol. The molecule has 1 saturated heterocycles. The van der Waals surface area contributed by atoms with Crippen molar-refractivity contribution < 1.29 is 22.7 Å². The van der Waals surface area contributed by atoms with Gasteiger partial charge in [-0.25, -0.2) is 13.2 Å². The molecule has 1 aliphatic heterocycles. The van der Waals surface area contributed by atoms with Crippen molar-refractivity contribution in [2.75, 3.05) is 25.0 Å². The molecule has 0 atom stereocenters. The zero-order valence-electron chi connectivity index (χ0n) is 15.9. The molecule has 0 aliphatic carbocycles. The number of amides is 1. The first-order valence-electron chi connectivity index (χ1n) is 9.11. The summed E-state index contributed by atoms with van der Waals surface area (Å²) in [4.78, 5) is 24.4. The highest BCUT2D eigenvalue weighted by atomic mass is 79.9. The molecule has 1 N–H and O–H groups in total. The summed E-state index contributed by atoms with van der Waals surface area (Å²) in [6.07, 6.45) is 1.65. The lowest BCUT2D eigenvalue weighted by Crippen LogP contribution is -2.28. The number of ether oxygens (including phenoxy) is 1. The van der Waals surface area contributed by atoms with Crippen LogP contribution in [0.4, 0.5) is 5.69 Å². The van der Waals surface area contributed by atoms with Gasteiger partial charge in [-0.1, -0.05) is 12.1 Å². The molecule has 1 amide bonds. The topological polar surface area (TPSA) is 92.8 Å². The molecular weight excluding hydrogens is 460 g/mol. The number of benzene rings is 2. The molecule has 1 fully saturated rings. The lowest BCUT2D eigenvalue weighted by atomic mass is 10.2. The third kappa shape index (κ3) is 5.23. The van der Waals surface area contributed by atoms with Gasteiger partial charge >= 0.3 is 5.97 Å². The van der Waals surface area contributed by atoms with Crippen molar-refractivity contribution in [2.45, 2.75) is 24.7 Å². The summed E-state index contributed by atoms with van der Waals surface area (Å²) in [7, 11) is -3.63. The molecule has 0 bridgehead atoms. The number of sulfonamides is 1. The number of nitrogens with zero attached hydrogens (tertiary/aromatic N) is 1. The van der Waals surface area contributed by atoms with Gasteiger partial charge in [-0.15, -0.1) is 0 Å². The van der Waals surface area contributed by atoms with Crippen molar-refractivity contribution in [3.63, 3.8) is 0 Å². The molecular formula is C20H21BrN2O5S. The van der Waals surface area contributed by atoms with Gasteiger partial charge in [-0.05, 0) is 71.6 Å². The monoisotopic (exact) mass is 480 g/mol. The molecule has 9 heteroatoms. The van der Waals surface area contributed by atoms with E-state index in [4.69, 9.17) is 4.74 Å². The van der Waals surface area contributed by atoms with Gasteiger partial charge < -0.3 is 10.1 Å². The number of nitrogens with one attached hydrogen (secondary N) is 1. The fraction of sp³-hybridized carbons (Fsp3) is 0.300. The molecule has 1 heterocycles. The van der Waals surface area contributed by atoms with Crippen molar-refractivity contribution >= 4 is 43.5 Å². The Morgan fingerprint density at radius 1 is 1.14 bits per heavy atom. The molecule has 7 nitrogen and oxygen atoms in total. The summed E-state index contributed by atoms with van der Waals surface area (Å²) in [6.45, 7) is 2.40. The van der Waals surface area contributed by atoms with E-state index in [-0.39, 0.29) is 10.5 Å². The third-order valence-electron chi connectivity index (χ3n) is 4.51. The molecule has 0 spiro atoms. The van der Waals surface area contributed by atoms with Crippen LogP contribution in [-0.2, 0) is 19.6 Å². The summed E-state index contributed by atoms with van der Waals surface area (Å²) >= 11 is 3.36. The minimum absolute atomic E-state index is 0.0434. The van der Waals surface area contributed by atoms with Crippen LogP contribution in [0.3, 0.4) is 0 Å². The smallest absolute Gasteiger partial charge is 0.338 e. The van der Waals surface area contributed by atoms with Gasteiger partial charge in [0.25, 0.3) is 5.91 Å². The summed E-state index contributed by atoms with van der Waals surface area (Å²) in [5.74, 6) is -1.26. The maximum Gasteiger partial charge on any atom is 0.338 e. The highest BCUT2D eigenvalue weighted by molar-refractivity contribution is 9.10. The Hall–Kier alpha value is -2.23. The minimum atomic E-state index is -3.63. The number of esters is 1. The van der Waals surface area contributed by atoms with E-state index >= 15 is 0 Å². The Balaban J connectivity index is 1.63. The van der Waals surface area contributed by atoms with Crippen LogP contribution in [0.2, 0.25) is 0 Å². The molecule has 0 unspecified atom stereocenters. The zero-order valence-corrected chi connectivity index (χ0v) is 18.3. The van der Waals surface area contributed by atoms with Crippen LogP contribution in [0.5, 0.6) is 0 Å². The molecule has 2 aromatic rings. The van der Waals surface area contributed by atoms with Crippen LogP contribution >= 0.6 is 15.9 Å². The van der Waals surface area contributed by atoms with Crippen molar-refractivity contribution in [1.82, 2.24) is 4.31 Å². The molecule has 0 saturated carbocycles. The molecule has 0 aromatic heterocycles. The number of carbonyl (C=O) groups excluding carboxylic acids is 2. The van der Waals surface area contributed by atoms with Crippen LogP contribution in [0.1, 0.15) is 28.8 Å². The largest absolute Gasteiger partial charge is 0.452 e. The molecule has 29 heavy (non-hydrogen) atoms. The first-order valence-corrected chi connectivity index (χ1v) is 11.3. The average Bonchev–Trinajstić information content (AvgIpc) is 3.24. The molecule has 0 radical (unpaired) electrons. The normalized spacial score (nSPS) is 14.6. The van der Waals surface area contributed by atoms with Crippen LogP contribution < -0.4 is 5.32 Å². The van der Waals surface area contributed by atoms with Gasteiger partial charge in [0.15, 0.2) is 6.61 Å². The Kier molecular flexibility index (Phi) is 6.71. The lowest BCUT2D eigenvalue weighted by Gasteiger charge is -2.15. The maximum absolute atomic E-state index is 12.6. The Labute approximate surface area is 178 Å². The van der Waals surface area contributed by atoms with E-state index in [1.807, 2.05) is 19.1 Å². The number of rotatable bonds is 6. The van der Waals surface area contributed by atoms with E-state index in [9.17, 15) is 18.0 Å². The van der Waals surface area contributed by atoms with Gasteiger partial charge in [-0.2, -0.15) is 4.31 Å². The van der Waals surface area contributed by atoms with E-state index in [1.165, 1.54) is 28.6 Å². The molecule has 154 valence electrons. The fourth-order valence-electron chi connectivity index (χ4n) is 2.98. The van der Waals surface area contributed by atoms with E-state index in [0.29, 0.717) is 18.8 Å². The van der Waals surface area contributed by atoms with E-state index in [2.05, 4.69) is 21.2 Å². The van der Waals surface area contributed by atoms with Crippen LogP contribution in [0.15, 0.2) is 51.8 Å². The van der Waals surface area contributed by atoms with E-state index < -0.39 is 28.5 Å². The second kappa shape index (κ2) is 9.06. The molecule has 1 aliphatic rings. The number of aryl methyl sites for hydroxylation is 1. The second-order valence-corrected chi connectivity index (χ2v) is 9.54. The summed E-state index contributed by atoms with van der Waals surface area (Å²) in [6, 6.07) is 11.1. The summed E-state index contributed by atoms with van der Waals surface area (Å²) in [5, 5.41) is 2.65. The second-order valence-electron chi connectivity index (χ2n) is 6.75. The van der Waals surface area contributed by atoms with Crippen LogP contribution in [0, 0.1) is 6.92 Å². The van der Waals surface area contributed by atoms with E-state index in [0.717, 1.165) is 22.9 Å². The standard InChI is InChI=1S/C20H21BrN2O5S/c1-14-7-8-18(17(21)11-14)22-19(24)13-28-20(25)15-5-4-6-16(12-15)29(26,27)23-9-2-3-10-23/h4-8,11-12H,2-3,9-10,13H2,1H3,(H,22,24). The number of carbonyl (C=O) groups is 2. The Morgan fingerprint density at radius 3 is 2.55 bits per heavy atom. The number of hydrogen-bond acceptors (Lipinski definition) is 5. The van der Waals surface area contributed by atoms with E-state index in [1.54, 1.807) is 6.07 Å². The number of hydrogen-bond donors (Lipinski definition) is 1. The van der Waals surface area contributed by atoms with Crippen molar-refractivity contribution in [2.24, 2.45) is 0 Å². The Morgan fingerprint density at radius 2 is 1.86 bits per heavy atom. The summed E-state index contributed by atoms with van der Waals surface area (Å²) in [5.41, 5.74) is 1.68. The predicted octanol–water partition coefficient (Wildman–Crippen LogP) is 3.34. The van der Waals surface area contributed by atoms with Gasteiger partial charge in [0.2, 0.25) is 10.0 Å². The first-order chi connectivity index (χ1) is 13.8. The highest BCUT2D eigenvalue weighted by Crippen LogP contribution is 2.24. The third-order valence-corrected chi connectivity index (χ3v) is 7.06. The quantitative estimate of drug-likeness (QED) is 0.639. The summed E-state index contributed by atoms with van der Waals surface area (Å²) < 4.78 is 32.4. The van der Waals surface area contributed by atoms with Crippen molar-refractivity contribution in [3.05, 3.63) is 58.1 Å². The fourth-order valence-corrected chi connectivity index (χ4v) is 5.14. The zero-order chi connectivity index (χ0) is 21.0. The maximum atomic E-state index is 12.6.